The molecule has 1 aromatic heterocycles. The fraction of sp³-hybridized carbons (Fsp3) is 0.308. The smallest absolute Gasteiger partial charge is 0.138 e. The van der Waals surface area contributed by atoms with Gasteiger partial charge in [-0.2, -0.15) is 0 Å². The zero-order valence-corrected chi connectivity index (χ0v) is 11.6. The van der Waals surface area contributed by atoms with Gasteiger partial charge in [-0.05, 0) is 59.5 Å². The maximum atomic E-state index is 13.6. The number of rotatable bonds is 1. The highest BCUT2D eigenvalue weighted by atomic mass is 127. The molecule has 1 aliphatic carbocycles. The average Bonchev–Trinajstić information content (AvgIpc) is 2.79. The summed E-state index contributed by atoms with van der Waals surface area (Å²) in [7, 11) is 1.92. The lowest BCUT2D eigenvalue weighted by atomic mass is 10.1. The van der Waals surface area contributed by atoms with E-state index in [9.17, 15) is 4.39 Å². The molecule has 0 spiro atoms. The number of nitrogens with one attached hydrogen (secondary N) is 1. The average molecular weight is 342 g/mol. The van der Waals surface area contributed by atoms with E-state index >= 15 is 0 Å². The molecule has 4 heteroatoms. The first-order valence-electron chi connectivity index (χ1n) is 5.69. The van der Waals surface area contributed by atoms with Crippen molar-refractivity contribution in [1.29, 1.82) is 0 Å². The van der Waals surface area contributed by atoms with Crippen LogP contribution in [0, 0.1) is 9.39 Å². The Morgan fingerprint density at radius 1 is 1.35 bits per heavy atom. The SMILES string of the molecule is CNc1c2c(nc3c(I)c(F)ccc13)CCC2. The topological polar surface area (TPSA) is 24.9 Å². The van der Waals surface area contributed by atoms with Crippen molar-refractivity contribution in [2.24, 2.45) is 0 Å². The number of anilines is 1. The fourth-order valence-corrected chi connectivity index (χ4v) is 3.15. The molecule has 0 saturated heterocycles. The van der Waals surface area contributed by atoms with E-state index in [-0.39, 0.29) is 5.82 Å². The van der Waals surface area contributed by atoms with Gasteiger partial charge in [-0.25, -0.2) is 4.39 Å². The Labute approximate surface area is 113 Å². The zero-order valence-electron chi connectivity index (χ0n) is 9.48. The number of aryl methyl sites for hydroxylation is 1. The summed E-state index contributed by atoms with van der Waals surface area (Å²) in [6.07, 6.45) is 3.22. The van der Waals surface area contributed by atoms with Crippen LogP contribution in [0.15, 0.2) is 12.1 Å². The van der Waals surface area contributed by atoms with Crippen LogP contribution in [0.3, 0.4) is 0 Å². The molecule has 2 aromatic rings. The normalized spacial score (nSPS) is 14.1. The van der Waals surface area contributed by atoms with E-state index in [0.717, 1.165) is 41.5 Å². The van der Waals surface area contributed by atoms with Gasteiger partial charge in [0.25, 0.3) is 0 Å². The van der Waals surface area contributed by atoms with Crippen molar-refractivity contribution in [3.8, 4) is 0 Å². The number of benzene rings is 1. The summed E-state index contributed by atoms with van der Waals surface area (Å²) >= 11 is 2.04. The second-order valence-electron chi connectivity index (χ2n) is 4.27. The van der Waals surface area contributed by atoms with Crippen LogP contribution in [0.4, 0.5) is 10.1 Å². The van der Waals surface area contributed by atoms with E-state index in [0.29, 0.717) is 3.57 Å². The van der Waals surface area contributed by atoms with Crippen LogP contribution < -0.4 is 5.32 Å². The molecule has 1 aromatic carbocycles. The molecular formula is C13H12FIN2. The van der Waals surface area contributed by atoms with Crippen LogP contribution >= 0.6 is 22.6 Å². The molecular weight excluding hydrogens is 330 g/mol. The third kappa shape index (κ3) is 1.61. The van der Waals surface area contributed by atoms with Gasteiger partial charge in [-0.3, -0.25) is 4.98 Å². The minimum absolute atomic E-state index is 0.189. The maximum Gasteiger partial charge on any atom is 0.138 e. The minimum Gasteiger partial charge on any atom is -0.387 e. The molecule has 0 fully saturated rings. The van der Waals surface area contributed by atoms with Crippen LogP contribution in [-0.2, 0) is 12.8 Å². The van der Waals surface area contributed by atoms with Crippen molar-refractivity contribution < 1.29 is 4.39 Å². The van der Waals surface area contributed by atoms with Crippen molar-refractivity contribution in [3.63, 3.8) is 0 Å². The van der Waals surface area contributed by atoms with Gasteiger partial charge in [0.1, 0.15) is 5.82 Å². The highest BCUT2D eigenvalue weighted by Gasteiger charge is 2.20. The van der Waals surface area contributed by atoms with Gasteiger partial charge in [0.2, 0.25) is 0 Å². The second-order valence-corrected chi connectivity index (χ2v) is 5.35. The maximum absolute atomic E-state index is 13.6. The summed E-state index contributed by atoms with van der Waals surface area (Å²) in [4.78, 5) is 4.64. The molecule has 0 radical (unpaired) electrons. The van der Waals surface area contributed by atoms with E-state index in [1.807, 2.05) is 35.7 Å². The van der Waals surface area contributed by atoms with Gasteiger partial charge >= 0.3 is 0 Å². The predicted octanol–water partition coefficient (Wildman–Crippen LogP) is 3.51. The Bertz CT molecular complexity index is 610. The number of pyridine rings is 1. The molecule has 17 heavy (non-hydrogen) atoms. The third-order valence-electron chi connectivity index (χ3n) is 3.33. The van der Waals surface area contributed by atoms with Crippen molar-refractivity contribution >= 4 is 39.2 Å². The number of aromatic nitrogens is 1. The first-order valence-corrected chi connectivity index (χ1v) is 6.77. The summed E-state index contributed by atoms with van der Waals surface area (Å²) in [5.41, 5.74) is 4.35. The van der Waals surface area contributed by atoms with Gasteiger partial charge in [0.15, 0.2) is 0 Å². The first kappa shape index (κ1) is 11.2. The van der Waals surface area contributed by atoms with Gasteiger partial charge in [0, 0.05) is 23.8 Å². The Morgan fingerprint density at radius 3 is 2.94 bits per heavy atom. The van der Waals surface area contributed by atoms with E-state index in [4.69, 9.17) is 0 Å². The van der Waals surface area contributed by atoms with E-state index in [1.165, 1.54) is 11.6 Å². The largest absolute Gasteiger partial charge is 0.387 e. The first-order chi connectivity index (χ1) is 8.22. The summed E-state index contributed by atoms with van der Waals surface area (Å²) < 4.78 is 14.2. The molecule has 1 N–H and O–H groups in total. The fourth-order valence-electron chi connectivity index (χ4n) is 2.55. The van der Waals surface area contributed by atoms with Crippen molar-refractivity contribution in [2.75, 3.05) is 12.4 Å². The second kappa shape index (κ2) is 4.08. The van der Waals surface area contributed by atoms with E-state index in [1.54, 1.807) is 0 Å². The molecule has 0 atom stereocenters. The molecule has 1 heterocycles. The third-order valence-corrected chi connectivity index (χ3v) is 4.35. The Morgan fingerprint density at radius 2 is 2.18 bits per heavy atom. The predicted molar refractivity (Wildman–Crippen MR) is 76.0 cm³/mol. The molecule has 3 rings (SSSR count). The lowest BCUT2D eigenvalue weighted by molar-refractivity contribution is 0.622. The van der Waals surface area contributed by atoms with Gasteiger partial charge in [-0.15, -0.1) is 0 Å². The minimum atomic E-state index is -0.189. The highest BCUT2D eigenvalue weighted by Crippen LogP contribution is 2.35. The highest BCUT2D eigenvalue weighted by molar-refractivity contribution is 14.1. The van der Waals surface area contributed by atoms with Gasteiger partial charge in [-0.1, -0.05) is 0 Å². The van der Waals surface area contributed by atoms with Crippen molar-refractivity contribution in [1.82, 2.24) is 4.98 Å². The van der Waals surface area contributed by atoms with Crippen LogP contribution in [0.25, 0.3) is 10.9 Å². The quantitative estimate of drug-likeness (QED) is 0.803. The van der Waals surface area contributed by atoms with Crippen LogP contribution in [0.2, 0.25) is 0 Å². The summed E-state index contributed by atoms with van der Waals surface area (Å²) in [6, 6.07) is 3.35. The number of fused-ring (bicyclic) bond motifs is 2. The molecule has 0 amide bonds. The van der Waals surface area contributed by atoms with Gasteiger partial charge in [0.05, 0.1) is 9.09 Å². The molecule has 0 aliphatic heterocycles. The van der Waals surface area contributed by atoms with Gasteiger partial charge < -0.3 is 5.32 Å². The van der Waals surface area contributed by atoms with Crippen molar-refractivity contribution in [2.45, 2.75) is 19.3 Å². The lowest BCUT2D eigenvalue weighted by Crippen LogP contribution is -2.01. The van der Waals surface area contributed by atoms with E-state index < -0.39 is 0 Å². The number of hydrogen-bond acceptors (Lipinski definition) is 2. The monoisotopic (exact) mass is 342 g/mol. The molecule has 0 bridgehead atoms. The number of hydrogen-bond donors (Lipinski definition) is 1. The lowest BCUT2D eigenvalue weighted by Gasteiger charge is -2.12. The molecule has 0 unspecified atom stereocenters. The molecule has 1 aliphatic rings. The Hall–Kier alpha value is -0.910. The summed E-state index contributed by atoms with van der Waals surface area (Å²) in [5, 5.41) is 4.28. The summed E-state index contributed by atoms with van der Waals surface area (Å²) in [5.74, 6) is -0.189. The van der Waals surface area contributed by atoms with Crippen molar-refractivity contribution in [3.05, 3.63) is 32.8 Å². The standard InChI is InChI=1S/C13H12FIN2/c1-16-12-7-3-2-4-10(7)17-13-8(12)5-6-9(14)11(13)15/h5-6H,2-4H2,1H3,(H,16,17). The van der Waals surface area contributed by atoms with Crippen LogP contribution in [0.5, 0.6) is 0 Å². The zero-order chi connectivity index (χ0) is 12.0. The molecule has 88 valence electrons. The number of nitrogens with zero attached hydrogens (tertiary/aromatic N) is 1. The number of halogens is 2. The summed E-state index contributed by atoms with van der Waals surface area (Å²) in [6.45, 7) is 0. The van der Waals surface area contributed by atoms with Crippen LogP contribution in [-0.4, -0.2) is 12.0 Å². The van der Waals surface area contributed by atoms with E-state index in [2.05, 4.69) is 10.3 Å². The molecule has 0 saturated carbocycles. The Kier molecular flexibility index (Phi) is 2.69. The Balaban J connectivity index is 2.44. The van der Waals surface area contributed by atoms with Crippen LogP contribution in [0.1, 0.15) is 17.7 Å². The molecule has 2 nitrogen and oxygen atoms in total.